The van der Waals surface area contributed by atoms with Crippen molar-refractivity contribution in [1.82, 2.24) is 0 Å². The highest BCUT2D eigenvalue weighted by molar-refractivity contribution is 5.89. The summed E-state index contributed by atoms with van der Waals surface area (Å²) >= 11 is 0. The minimum absolute atomic E-state index is 0.0165. The number of hydrogen-bond acceptors (Lipinski definition) is 4. The van der Waals surface area contributed by atoms with E-state index >= 15 is 0 Å². The Morgan fingerprint density at radius 2 is 2.47 bits per heavy atom. The third-order valence-electron chi connectivity index (χ3n) is 2.91. The molecule has 0 unspecified atom stereocenters. The van der Waals surface area contributed by atoms with Gasteiger partial charge in [-0.25, -0.2) is 4.79 Å². The van der Waals surface area contributed by atoms with Crippen LogP contribution in [0.25, 0.3) is 0 Å². The normalized spacial score (nSPS) is 34.6. The molecule has 2 aliphatic rings. The second kappa shape index (κ2) is 4.06. The summed E-state index contributed by atoms with van der Waals surface area (Å²) in [6.45, 7) is 4.22. The number of carbonyl (C=O) groups excluding carboxylic acids is 1. The molecule has 1 fully saturated rings. The Bertz CT molecular complexity index is 308. The third kappa shape index (κ3) is 1.65. The van der Waals surface area contributed by atoms with Crippen LogP contribution in [0.3, 0.4) is 0 Å². The van der Waals surface area contributed by atoms with E-state index in [4.69, 9.17) is 14.2 Å². The van der Waals surface area contributed by atoms with Crippen molar-refractivity contribution >= 4 is 5.97 Å². The zero-order valence-electron chi connectivity index (χ0n) is 8.64. The third-order valence-corrected chi connectivity index (χ3v) is 2.91. The summed E-state index contributed by atoms with van der Waals surface area (Å²) in [5.74, 6) is -0.155. The zero-order valence-corrected chi connectivity index (χ0v) is 8.64. The number of rotatable bonds is 2. The molecule has 2 aliphatic heterocycles. The fourth-order valence-corrected chi connectivity index (χ4v) is 2.11. The molecule has 2 heterocycles. The van der Waals surface area contributed by atoms with Crippen LogP contribution in [0, 0.1) is 11.8 Å². The molecule has 0 aromatic heterocycles. The van der Waals surface area contributed by atoms with Gasteiger partial charge in [-0.1, -0.05) is 6.08 Å². The molecule has 0 aliphatic carbocycles. The summed E-state index contributed by atoms with van der Waals surface area (Å²) in [7, 11) is 1.58. The number of fused-ring (bicyclic) bond motifs is 1. The zero-order chi connectivity index (χ0) is 10.8. The maximum atomic E-state index is 11.4. The molecule has 0 bridgehead atoms. The van der Waals surface area contributed by atoms with Gasteiger partial charge in [-0.05, 0) is 6.42 Å². The van der Waals surface area contributed by atoms with Crippen LogP contribution in [0.15, 0.2) is 24.5 Å². The van der Waals surface area contributed by atoms with Gasteiger partial charge in [0.25, 0.3) is 0 Å². The van der Waals surface area contributed by atoms with E-state index in [1.807, 2.05) is 0 Å². The maximum absolute atomic E-state index is 11.4. The molecule has 15 heavy (non-hydrogen) atoms. The monoisotopic (exact) mass is 210 g/mol. The molecule has 4 heteroatoms. The van der Waals surface area contributed by atoms with E-state index < -0.39 is 0 Å². The first-order valence-electron chi connectivity index (χ1n) is 4.96. The van der Waals surface area contributed by atoms with Gasteiger partial charge in [0, 0.05) is 18.9 Å². The quantitative estimate of drug-likeness (QED) is 0.508. The van der Waals surface area contributed by atoms with Gasteiger partial charge >= 0.3 is 5.97 Å². The number of cyclic esters (lactones) is 1. The molecule has 0 N–H and O–H groups in total. The molecule has 4 nitrogen and oxygen atoms in total. The molecular weight excluding hydrogens is 196 g/mol. The number of ether oxygens (including phenoxy) is 3. The first-order chi connectivity index (χ1) is 7.27. The molecule has 0 aromatic carbocycles. The lowest BCUT2D eigenvalue weighted by Gasteiger charge is -2.36. The van der Waals surface area contributed by atoms with E-state index in [0.29, 0.717) is 12.2 Å². The molecule has 82 valence electrons. The SMILES string of the molecule is C=C[C@H]1[C@@H](OC)OC=C2C(=O)OCC[C@H]21. The van der Waals surface area contributed by atoms with Crippen LogP contribution in [-0.2, 0) is 19.0 Å². The van der Waals surface area contributed by atoms with E-state index in [2.05, 4.69) is 6.58 Å². The lowest BCUT2D eigenvalue weighted by Crippen LogP contribution is -2.39. The second-order valence-electron chi connectivity index (χ2n) is 3.66. The molecule has 0 radical (unpaired) electrons. The first-order valence-corrected chi connectivity index (χ1v) is 4.96. The fourth-order valence-electron chi connectivity index (χ4n) is 2.11. The molecule has 0 saturated carbocycles. The van der Waals surface area contributed by atoms with Gasteiger partial charge in [0.1, 0.15) is 0 Å². The van der Waals surface area contributed by atoms with Crippen LogP contribution < -0.4 is 0 Å². The summed E-state index contributed by atoms with van der Waals surface area (Å²) in [4.78, 5) is 11.4. The minimum Gasteiger partial charge on any atom is -0.471 e. The molecule has 0 aromatic rings. The molecule has 1 saturated heterocycles. The van der Waals surface area contributed by atoms with Crippen molar-refractivity contribution in [3.05, 3.63) is 24.5 Å². The highest BCUT2D eigenvalue weighted by Crippen LogP contribution is 2.36. The van der Waals surface area contributed by atoms with Crippen molar-refractivity contribution in [2.24, 2.45) is 11.8 Å². The Kier molecular flexibility index (Phi) is 2.77. The Hall–Kier alpha value is -1.29. The summed E-state index contributed by atoms with van der Waals surface area (Å²) in [5, 5.41) is 0. The van der Waals surface area contributed by atoms with Crippen LogP contribution in [0.1, 0.15) is 6.42 Å². The van der Waals surface area contributed by atoms with Crippen LogP contribution in [0.5, 0.6) is 0 Å². The van der Waals surface area contributed by atoms with Gasteiger partial charge in [0.15, 0.2) is 0 Å². The number of esters is 1. The highest BCUT2D eigenvalue weighted by Gasteiger charge is 2.40. The minimum atomic E-state index is -0.345. The van der Waals surface area contributed by atoms with E-state index in [1.165, 1.54) is 6.26 Å². The Morgan fingerprint density at radius 3 is 3.13 bits per heavy atom. The van der Waals surface area contributed by atoms with Crippen molar-refractivity contribution in [3.8, 4) is 0 Å². The summed E-state index contributed by atoms with van der Waals surface area (Å²) < 4.78 is 15.4. The van der Waals surface area contributed by atoms with E-state index in [0.717, 1.165) is 6.42 Å². The standard InChI is InChI=1S/C11H14O4/c1-3-7-8-4-5-14-10(12)9(8)6-15-11(7)13-2/h3,6-8,11H,1,4-5H2,2H3/t7-,8+,11+/m1/s1. The van der Waals surface area contributed by atoms with E-state index in [-0.39, 0.29) is 24.1 Å². The van der Waals surface area contributed by atoms with E-state index in [1.54, 1.807) is 13.2 Å². The first kappa shape index (κ1) is 10.2. The van der Waals surface area contributed by atoms with Crippen LogP contribution in [0.2, 0.25) is 0 Å². The largest absolute Gasteiger partial charge is 0.471 e. The van der Waals surface area contributed by atoms with Gasteiger partial charge < -0.3 is 14.2 Å². The average Bonchev–Trinajstić information content (AvgIpc) is 2.28. The lowest BCUT2D eigenvalue weighted by molar-refractivity contribution is -0.156. The smallest absolute Gasteiger partial charge is 0.337 e. The average molecular weight is 210 g/mol. The van der Waals surface area contributed by atoms with Crippen molar-refractivity contribution in [1.29, 1.82) is 0 Å². The van der Waals surface area contributed by atoms with Gasteiger partial charge in [0.2, 0.25) is 6.29 Å². The van der Waals surface area contributed by atoms with E-state index in [9.17, 15) is 4.79 Å². The van der Waals surface area contributed by atoms with Gasteiger partial charge in [-0.3, -0.25) is 0 Å². The number of carbonyl (C=O) groups is 1. The fraction of sp³-hybridized carbons (Fsp3) is 0.545. The summed E-state index contributed by atoms with van der Waals surface area (Å²) in [6.07, 6.45) is 3.70. The molecule has 3 atom stereocenters. The summed E-state index contributed by atoms with van der Waals surface area (Å²) in [6, 6.07) is 0. The van der Waals surface area contributed by atoms with Gasteiger partial charge in [-0.15, -0.1) is 6.58 Å². The number of methoxy groups -OCH3 is 1. The van der Waals surface area contributed by atoms with Gasteiger partial charge in [-0.2, -0.15) is 0 Å². The van der Waals surface area contributed by atoms with Crippen molar-refractivity contribution < 1.29 is 19.0 Å². The van der Waals surface area contributed by atoms with Crippen LogP contribution in [-0.4, -0.2) is 26.0 Å². The molecule has 0 spiro atoms. The van der Waals surface area contributed by atoms with Crippen LogP contribution >= 0.6 is 0 Å². The Labute approximate surface area is 88.5 Å². The maximum Gasteiger partial charge on any atom is 0.337 e. The molecule has 0 amide bonds. The Balaban J connectivity index is 2.27. The number of hydrogen-bond donors (Lipinski definition) is 0. The lowest BCUT2D eigenvalue weighted by atomic mass is 9.81. The van der Waals surface area contributed by atoms with Crippen LogP contribution in [0.4, 0.5) is 0 Å². The van der Waals surface area contributed by atoms with Crippen molar-refractivity contribution in [2.45, 2.75) is 12.7 Å². The second-order valence-corrected chi connectivity index (χ2v) is 3.66. The van der Waals surface area contributed by atoms with Gasteiger partial charge in [0.05, 0.1) is 18.4 Å². The highest BCUT2D eigenvalue weighted by atomic mass is 16.7. The topological polar surface area (TPSA) is 44.8 Å². The van der Waals surface area contributed by atoms with Crippen molar-refractivity contribution in [3.63, 3.8) is 0 Å². The Morgan fingerprint density at radius 1 is 1.67 bits per heavy atom. The molecule has 2 rings (SSSR count). The predicted molar refractivity (Wildman–Crippen MR) is 52.7 cm³/mol. The predicted octanol–water partition coefficient (Wildman–Crippen LogP) is 1.24. The molecular formula is C11H14O4. The summed E-state index contributed by atoms with van der Waals surface area (Å²) in [5.41, 5.74) is 0.597. The van der Waals surface area contributed by atoms with Crippen molar-refractivity contribution in [2.75, 3.05) is 13.7 Å².